The molecule has 0 aliphatic heterocycles. The minimum Gasteiger partial charge on any atom is -0.361 e. The van der Waals surface area contributed by atoms with Crippen molar-refractivity contribution in [3.8, 4) is 0 Å². The third-order valence-corrected chi connectivity index (χ3v) is 4.12. The van der Waals surface area contributed by atoms with E-state index < -0.39 is 0 Å². The van der Waals surface area contributed by atoms with Gasteiger partial charge in [0.05, 0.1) is 5.69 Å². The lowest BCUT2D eigenvalue weighted by Gasteiger charge is -2.12. The number of rotatable bonds is 5. The van der Waals surface area contributed by atoms with Gasteiger partial charge >= 0.3 is 0 Å². The molecule has 2 N–H and O–H groups in total. The van der Waals surface area contributed by atoms with Crippen molar-refractivity contribution in [3.05, 3.63) is 50.8 Å². The zero-order chi connectivity index (χ0) is 16.8. The van der Waals surface area contributed by atoms with Crippen molar-refractivity contribution < 1.29 is 4.52 Å². The van der Waals surface area contributed by atoms with Crippen molar-refractivity contribution in [2.24, 2.45) is 4.99 Å². The molecule has 0 bridgehead atoms. The Morgan fingerprint density at radius 2 is 2.04 bits per heavy atom. The molecule has 7 heteroatoms. The lowest BCUT2D eigenvalue weighted by molar-refractivity contribution is 0.392. The van der Waals surface area contributed by atoms with Crippen LogP contribution in [0.1, 0.15) is 22.6 Å². The molecule has 23 heavy (non-hydrogen) atoms. The van der Waals surface area contributed by atoms with Gasteiger partial charge in [-0.1, -0.05) is 34.4 Å². The number of guanidine groups is 1. The highest BCUT2D eigenvalue weighted by atomic mass is 35.5. The fourth-order valence-corrected chi connectivity index (χ4v) is 2.70. The molecule has 2 aromatic rings. The standard InChI is InChI=1S/C16H20Cl2N4O/c1-10-14(11(2)23-22-10)6-7-20-16(19-3)21-9-12-4-5-13(17)8-15(12)18/h4-5,8H,6-7,9H2,1-3H3,(H2,19,20,21). The average molecular weight is 355 g/mol. The maximum absolute atomic E-state index is 6.16. The zero-order valence-electron chi connectivity index (χ0n) is 13.4. The topological polar surface area (TPSA) is 62.5 Å². The maximum Gasteiger partial charge on any atom is 0.191 e. The third-order valence-electron chi connectivity index (χ3n) is 3.53. The highest BCUT2D eigenvalue weighted by Gasteiger charge is 2.09. The Labute approximate surface area is 146 Å². The van der Waals surface area contributed by atoms with Gasteiger partial charge in [0.1, 0.15) is 5.76 Å². The van der Waals surface area contributed by atoms with Gasteiger partial charge in [0, 0.05) is 35.7 Å². The Kier molecular flexibility index (Phi) is 6.30. The van der Waals surface area contributed by atoms with E-state index >= 15 is 0 Å². The van der Waals surface area contributed by atoms with Crippen LogP contribution < -0.4 is 10.6 Å². The molecular formula is C16H20Cl2N4O. The minimum atomic E-state index is 0.570. The molecule has 2 rings (SSSR count). The van der Waals surface area contributed by atoms with E-state index in [9.17, 15) is 0 Å². The van der Waals surface area contributed by atoms with Crippen LogP contribution in [0.5, 0.6) is 0 Å². The monoisotopic (exact) mass is 354 g/mol. The second kappa shape index (κ2) is 8.22. The molecule has 1 aromatic heterocycles. The number of halogens is 2. The fraction of sp³-hybridized carbons (Fsp3) is 0.375. The average Bonchev–Trinajstić information content (AvgIpc) is 2.83. The molecule has 0 fully saturated rings. The Morgan fingerprint density at radius 3 is 2.65 bits per heavy atom. The van der Waals surface area contributed by atoms with Gasteiger partial charge in [-0.2, -0.15) is 0 Å². The van der Waals surface area contributed by atoms with Gasteiger partial charge in [-0.3, -0.25) is 4.99 Å². The van der Waals surface area contributed by atoms with Crippen LogP contribution in [0.2, 0.25) is 10.0 Å². The van der Waals surface area contributed by atoms with Crippen molar-refractivity contribution >= 4 is 29.2 Å². The van der Waals surface area contributed by atoms with Gasteiger partial charge in [0.15, 0.2) is 5.96 Å². The number of aliphatic imine (C=N–C) groups is 1. The van der Waals surface area contributed by atoms with Crippen molar-refractivity contribution in [2.75, 3.05) is 13.6 Å². The van der Waals surface area contributed by atoms with Crippen LogP contribution in [0.25, 0.3) is 0 Å². The number of hydrogen-bond acceptors (Lipinski definition) is 3. The van der Waals surface area contributed by atoms with Crippen LogP contribution in [-0.2, 0) is 13.0 Å². The van der Waals surface area contributed by atoms with Gasteiger partial charge in [0.25, 0.3) is 0 Å². The summed E-state index contributed by atoms with van der Waals surface area (Å²) in [6.07, 6.45) is 0.823. The maximum atomic E-state index is 6.16. The third kappa shape index (κ3) is 4.88. The quantitative estimate of drug-likeness (QED) is 0.637. The molecule has 0 aliphatic rings. The Bertz CT molecular complexity index is 678. The summed E-state index contributed by atoms with van der Waals surface area (Å²) in [5, 5.41) is 11.7. The van der Waals surface area contributed by atoms with Gasteiger partial charge in [-0.05, 0) is 38.0 Å². The molecule has 0 atom stereocenters. The highest BCUT2D eigenvalue weighted by molar-refractivity contribution is 6.35. The molecule has 5 nitrogen and oxygen atoms in total. The van der Waals surface area contributed by atoms with E-state index in [0.29, 0.717) is 22.5 Å². The Balaban J connectivity index is 1.84. The molecule has 1 heterocycles. The van der Waals surface area contributed by atoms with Crippen LogP contribution in [0.4, 0.5) is 0 Å². The molecule has 0 radical (unpaired) electrons. The van der Waals surface area contributed by atoms with Gasteiger partial charge < -0.3 is 15.2 Å². The molecule has 124 valence electrons. The van der Waals surface area contributed by atoms with Crippen molar-refractivity contribution in [1.82, 2.24) is 15.8 Å². The van der Waals surface area contributed by atoms with Crippen LogP contribution in [0.15, 0.2) is 27.7 Å². The molecule has 0 amide bonds. The molecule has 1 aromatic carbocycles. The first kappa shape index (κ1) is 17.6. The number of nitrogens with one attached hydrogen (secondary N) is 2. The molecule has 0 saturated carbocycles. The fourth-order valence-electron chi connectivity index (χ4n) is 2.23. The molecule has 0 aliphatic carbocycles. The van der Waals surface area contributed by atoms with E-state index in [1.165, 1.54) is 0 Å². The van der Waals surface area contributed by atoms with Gasteiger partial charge in [-0.25, -0.2) is 0 Å². The summed E-state index contributed by atoms with van der Waals surface area (Å²) in [5.74, 6) is 1.57. The van der Waals surface area contributed by atoms with Gasteiger partial charge in [0.2, 0.25) is 0 Å². The predicted octanol–water partition coefficient (Wildman–Crippen LogP) is 3.51. The van der Waals surface area contributed by atoms with Crippen LogP contribution >= 0.6 is 23.2 Å². The van der Waals surface area contributed by atoms with Crippen LogP contribution in [-0.4, -0.2) is 24.7 Å². The Morgan fingerprint density at radius 1 is 1.26 bits per heavy atom. The number of aromatic nitrogens is 1. The first-order valence-electron chi connectivity index (χ1n) is 7.31. The number of benzene rings is 1. The summed E-state index contributed by atoms with van der Waals surface area (Å²) in [6, 6.07) is 5.45. The number of hydrogen-bond donors (Lipinski definition) is 2. The SMILES string of the molecule is CN=C(NCCc1c(C)noc1C)NCc1ccc(Cl)cc1Cl. The second-order valence-corrected chi connectivity index (χ2v) is 5.98. The summed E-state index contributed by atoms with van der Waals surface area (Å²) in [7, 11) is 1.73. The van der Waals surface area contributed by atoms with Crippen LogP contribution in [0, 0.1) is 13.8 Å². The highest BCUT2D eigenvalue weighted by Crippen LogP contribution is 2.20. The molecule has 0 unspecified atom stereocenters. The van der Waals surface area contributed by atoms with E-state index in [2.05, 4.69) is 20.8 Å². The number of aryl methyl sites for hydroxylation is 2. The van der Waals surface area contributed by atoms with Crippen molar-refractivity contribution in [2.45, 2.75) is 26.8 Å². The van der Waals surface area contributed by atoms with Crippen LogP contribution in [0.3, 0.4) is 0 Å². The van der Waals surface area contributed by atoms with Crippen molar-refractivity contribution in [3.63, 3.8) is 0 Å². The lowest BCUT2D eigenvalue weighted by Crippen LogP contribution is -2.38. The second-order valence-electron chi connectivity index (χ2n) is 5.14. The van der Waals surface area contributed by atoms with E-state index in [1.54, 1.807) is 13.1 Å². The van der Waals surface area contributed by atoms with E-state index in [1.807, 2.05) is 26.0 Å². The molecule has 0 saturated heterocycles. The summed E-state index contributed by atoms with van der Waals surface area (Å²) in [5.41, 5.74) is 3.03. The van der Waals surface area contributed by atoms with Gasteiger partial charge in [-0.15, -0.1) is 0 Å². The van der Waals surface area contributed by atoms with E-state index in [-0.39, 0.29) is 0 Å². The first-order chi connectivity index (χ1) is 11.0. The predicted molar refractivity (Wildman–Crippen MR) is 94.3 cm³/mol. The summed E-state index contributed by atoms with van der Waals surface area (Å²) < 4.78 is 5.16. The van der Waals surface area contributed by atoms with E-state index in [0.717, 1.165) is 35.5 Å². The number of nitrogens with zero attached hydrogens (tertiary/aromatic N) is 2. The normalized spacial score (nSPS) is 11.6. The lowest BCUT2D eigenvalue weighted by atomic mass is 10.1. The minimum absolute atomic E-state index is 0.570. The Hall–Kier alpha value is -1.72. The smallest absolute Gasteiger partial charge is 0.191 e. The van der Waals surface area contributed by atoms with E-state index in [4.69, 9.17) is 27.7 Å². The molecular weight excluding hydrogens is 335 g/mol. The molecule has 0 spiro atoms. The first-order valence-corrected chi connectivity index (χ1v) is 8.07. The summed E-state index contributed by atoms with van der Waals surface area (Å²) >= 11 is 12.1. The van der Waals surface area contributed by atoms with Crippen molar-refractivity contribution in [1.29, 1.82) is 0 Å². The zero-order valence-corrected chi connectivity index (χ0v) is 14.9. The summed E-state index contributed by atoms with van der Waals surface area (Å²) in [4.78, 5) is 4.20. The largest absolute Gasteiger partial charge is 0.361 e. The summed E-state index contributed by atoms with van der Waals surface area (Å²) in [6.45, 7) is 5.17.